The van der Waals surface area contributed by atoms with E-state index in [4.69, 9.17) is 16.3 Å². The van der Waals surface area contributed by atoms with Crippen LogP contribution in [0.1, 0.15) is 0 Å². The lowest BCUT2D eigenvalue weighted by Crippen LogP contribution is -2.36. The molecule has 0 aliphatic carbocycles. The molecule has 25 heavy (non-hydrogen) atoms. The zero-order valence-electron chi connectivity index (χ0n) is 14.0. The summed E-state index contributed by atoms with van der Waals surface area (Å²) >= 11 is 7.41. The second kappa shape index (κ2) is 9.34. The van der Waals surface area contributed by atoms with E-state index in [9.17, 15) is 9.59 Å². The Balaban J connectivity index is 1.80. The maximum absolute atomic E-state index is 12.2. The summed E-state index contributed by atoms with van der Waals surface area (Å²) in [5.41, 5.74) is 0.530. The number of thioether (sulfide) groups is 1. The zero-order chi connectivity index (χ0) is 18.2. The first-order valence-corrected chi connectivity index (χ1v) is 8.91. The highest BCUT2D eigenvalue weighted by Crippen LogP contribution is 2.22. The van der Waals surface area contributed by atoms with E-state index in [1.807, 2.05) is 24.3 Å². The number of anilines is 1. The standard InChI is InChI=1S/C18H19ClN2O3S/c1-21(11-17(22)20-16-6-4-3-5-15(16)19)18(23)12-25-14-9-7-13(24-2)8-10-14/h3-10H,11-12H2,1-2H3,(H,20,22). The first-order valence-electron chi connectivity index (χ1n) is 7.55. The minimum atomic E-state index is -0.293. The third-order valence-corrected chi connectivity index (χ3v) is 4.70. The van der Waals surface area contributed by atoms with Gasteiger partial charge in [-0.1, -0.05) is 23.7 Å². The number of methoxy groups -OCH3 is 1. The van der Waals surface area contributed by atoms with Gasteiger partial charge in [-0.05, 0) is 36.4 Å². The normalized spacial score (nSPS) is 10.2. The van der Waals surface area contributed by atoms with Gasteiger partial charge in [0.05, 0.1) is 30.1 Å². The van der Waals surface area contributed by atoms with Gasteiger partial charge in [-0.3, -0.25) is 9.59 Å². The number of hydrogen-bond donors (Lipinski definition) is 1. The molecule has 7 heteroatoms. The van der Waals surface area contributed by atoms with Crippen LogP contribution < -0.4 is 10.1 Å². The number of carbonyl (C=O) groups is 2. The van der Waals surface area contributed by atoms with Crippen LogP contribution in [0.5, 0.6) is 5.75 Å². The van der Waals surface area contributed by atoms with Crippen LogP contribution in [0.4, 0.5) is 5.69 Å². The lowest BCUT2D eigenvalue weighted by atomic mass is 10.3. The van der Waals surface area contributed by atoms with Gasteiger partial charge < -0.3 is 15.0 Å². The van der Waals surface area contributed by atoms with Crippen LogP contribution in [0, 0.1) is 0 Å². The molecule has 0 radical (unpaired) electrons. The van der Waals surface area contributed by atoms with Gasteiger partial charge in [0, 0.05) is 11.9 Å². The van der Waals surface area contributed by atoms with Crippen LogP contribution in [0.15, 0.2) is 53.4 Å². The summed E-state index contributed by atoms with van der Waals surface area (Å²) in [7, 11) is 3.21. The Morgan fingerprint density at radius 1 is 1.16 bits per heavy atom. The minimum Gasteiger partial charge on any atom is -0.497 e. The van der Waals surface area contributed by atoms with Crippen LogP contribution in [0.3, 0.4) is 0 Å². The average Bonchev–Trinajstić information content (AvgIpc) is 2.62. The summed E-state index contributed by atoms with van der Waals surface area (Å²) < 4.78 is 5.10. The molecule has 132 valence electrons. The van der Waals surface area contributed by atoms with Gasteiger partial charge >= 0.3 is 0 Å². The molecular weight excluding hydrogens is 360 g/mol. The van der Waals surface area contributed by atoms with Crippen LogP contribution in [0.25, 0.3) is 0 Å². The van der Waals surface area contributed by atoms with Crippen molar-refractivity contribution in [2.45, 2.75) is 4.90 Å². The molecule has 2 aromatic carbocycles. The maximum atomic E-state index is 12.2. The number of ether oxygens (including phenoxy) is 1. The number of benzene rings is 2. The first kappa shape index (κ1) is 19.1. The lowest BCUT2D eigenvalue weighted by molar-refractivity contribution is -0.131. The molecule has 0 saturated heterocycles. The quantitative estimate of drug-likeness (QED) is 0.749. The Hall–Kier alpha value is -2.18. The van der Waals surface area contributed by atoms with Crippen molar-refractivity contribution in [2.24, 2.45) is 0 Å². The SMILES string of the molecule is COc1ccc(SCC(=O)N(C)CC(=O)Nc2ccccc2Cl)cc1. The van der Waals surface area contributed by atoms with E-state index >= 15 is 0 Å². The summed E-state index contributed by atoms with van der Waals surface area (Å²) in [6, 6.07) is 14.4. The van der Waals surface area contributed by atoms with Crippen LogP contribution >= 0.6 is 23.4 Å². The highest BCUT2D eigenvalue weighted by Gasteiger charge is 2.14. The molecule has 0 aliphatic rings. The molecule has 0 unspecified atom stereocenters. The van der Waals surface area contributed by atoms with Gasteiger partial charge in [0.2, 0.25) is 11.8 Å². The van der Waals surface area contributed by atoms with E-state index in [0.717, 1.165) is 10.6 Å². The smallest absolute Gasteiger partial charge is 0.244 e. The monoisotopic (exact) mass is 378 g/mol. The van der Waals surface area contributed by atoms with E-state index in [-0.39, 0.29) is 24.1 Å². The van der Waals surface area contributed by atoms with Crippen molar-refractivity contribution in [1.29, 1.82) is 0 Å². The average molecular weight is 379 g/mol. The number of nitrogens with one attached hydrogen (secondary N) is 1. The number of nitrogens with zero attached hydrogens (tertiary/aromatic N) is 1. The molecular formula is C18H19ClN2O3S. The Bertz CT molecular complexity index is 737. The van der Waals surface area contributed by atoms with Crippen LogP contribution in [-0.2, 0) is 9.59 Å². The first-order chi connectivity index (χ1) is 12.0. The van der Waals surface area contributed by atoms with Gasteiger partial charge in [0.15, 0.2) is 0 Å². The highest BCUT2D eigenvalue weighted by molar-refractivity contribution is 8.00. The summed E-state index contributed by atoms with van der Waals surface area (Å²) in [6.45, 7) is -0.0345. The summed E-state index contributed by atoms with van der Waals surface area (Å²) in [5.74, 6) is 0.597. The molecule has 5 nitrogen and oxygen atoms in total. The number of hydrogen-bond acceptors (Lipinski definition) is 4. The molecule has 0 bridgehead atoms. The number of rotatable bonds is 7. The van der Waals surface area contributed by atoms with Crippen LogP contribution in [0.2, 0.25) is 5.02 Å². The van der Waals surface area contributed by atoms with E-state index in [0.29, 0.717) is 10.7 Å². The van der Waals surface area contributed by atoms with Crippen molar-refractivity contribution in [3.8, 4) is 5.75 Å². The van der Waals surface area contributed by atoms with E-state index < -0.39 is 0 Å². The Morgan fingerprint density at radius 2 is 1.84 bits per heavy atom. The molecule has 2 amide bonds. The molecule has 0 aliphatic heterocycles. The van der Waals surface area contributed by atoms with Crippen molar-refractivity contribution >= 4 is 40.9 Å². The molecule has 1 N–H and O–H groups in total. The predicted molar refractivity (Wildman–Crippen MR) is 101 cm³/mol. The molecule has 2 aromatic rings. The molecule has 0 atom stereocenters. The van der Waals surface area contributed by atoms with Gasteiger partial charge in [0.1, 0.15) is 5.75 Å². The highest BCUT2D eigenvalue weighted by atomic mass is 35.5. The van der Waals surface area contributed by atoms with Gasteiger partial charge in [-0.15, -0.1) is 11.8 Å². The topological polar surface area (TPSA) is 58.6 Å². The third-order valence-electron chi connectivity index (χ3n) is 3.38. The fourth-order valence-corrected chi connectivity index (χ4v) is 3.01. The number of amides is 2. The predicted octanol–water partition coefficient (Wildman–Crippen LogP) is 3.54. The molecule has 0 spiro atoms. The number of carbonyl (C=O) groups excluding carboxylic acids is 2. The molecule has 2 rings (SSSR count). The molecule has 0 heterocycles. The number of likely N-dealkylation sites (N-methyl/N-ethyl adjacent to an activating group) is 1. The van der Waals surface area contributed by atoms with Gasteiger partial charge in [-0.2, -0.15) is 0 Å². The van der Waals surface area contributed by atoms with Crippen LogP contribution in [-0.4, -0.2) is 43.2 Å². The third kappa shape index (κ3) is 5.99. The van der Waals surface area contributed by atoms with Crippen molar-refractivity contribution in [2.75, 3.05) is 31.8 Å². The largest absolute Gasteiger partial charge is 0.497 e. The summed E-state index contributed by atoms with van der Waals surface area (Å²) in [5, 5.41) is 3.16. The Morgan fingerprint density at radius 3 is 2.48 bits per heavy atom. The van der Waals surface area contributed by atoms with Crippen molar-refractivity contribution in [1.82, 2.24) is 4.90 Å². The van der Waals surface area contributed by atoms with Crippen molar-refractivity contribution in [3.05, 3.63) is 53.6 Å². The number of para-hydroxylation sites is 1. The minimum absolute atomic E-state index is 0.0345. The molecule has 0 fully saturated rings. The summed E-state index contributed by atoms with van der Waals surface area (Å²) in [6.07, 6.45) is 0. The lowest BCUT2D eigenvalue weighted by Gasteiger charge is -2.17. The summed E-state index contributed by atoms with van der Waals surface area (Å²) in [4.78, 5) is 26.6. The maximum Gasteiger partial charge on any atom is 0.244 e. The van der Waals surface area contributed by atoms with Crippen molar-refractivity contribution in [3.63, 3.8) is 0 Å². The molecule has 0 aromatic heterocycles. The fraction of sp³-hybridized carbons (Fsp3) is 0.222. The molecule has 0 saturated carbocycles. The van der Waals surface area contributed by atoms with Gasteiger partial charge in [-0.25, -0.2) is 0 Å². The van der Waals surface area contributed by atoms with Gasteiger partial charge in [0.25, 0.3) is 0 Å². The number of halogens is 1. The Kier molecular flexibility index (Phi) is 7.16. The van der Waals surface area contributed by atoms with E-state index in [2.05, 4.69) is 5.32 Å². The van der Waals surface area contributed by atoms with E-state index in [1.54, 1.807) is 38.4 Å². The second-order valence-electron chi connectivity index (χ2n) is 5.24. The Labute approximate surface area is 156 Å². The van der Waals surface area contributed by atoms with Crippen molar-refractivity contribution < 1.29 is 14.3 Å². The zero-order valence-corrected chi connectivity index (χ0v) is 15.6. The van der Waals surface area contributed by atoms with E-state index in [1.165, 1.54) is 16.7 Å². The fourth-order valence-electron chi connectivity index (χ4n) is 1.98. The second-order valence-corrected chi connectivity index (χ2v) is 6.70.